The summed E-state index contributed by atoms with van der Waals surface area (Å²) < 4.78 is 12.6. The zero-order valence-electron chi connectivity index (χ0n) is 18.7. The number of hydrogen-bond donors (Lipinski definition) is 2. The van der Waals surface area contributed by atoms with Crippen LogP contribution in [-0.2, 0) is 6.54 Å². The van der Waals surface area contributed by atoms with Crippen molar-refractivity contribution >= 4 is 27.5 Å². The Morgan fingerprint density at radius 2 is 1.82 bits per heavy atom. The van der Waals surface area contributed by atoms with Crippen LogP contribution >= 0.6 is 15.9 Å². The summed E-state index contributed by atoms with van der Waals surface area (Å²) in [5, 5.41) is 21.1. The molecule has 0 radical (unpaired) electrons. The van der Waals surface area contributed by atoms with Gasteiger partial charge in [0.1, 0.15) is 17.8 Å². The highest BCUT2D eigenvalue weighted by Gasteiger charge is 2.43. The normalized spacial score (nSPS) is 18.7. The lowest BCUT2D eigenvalue weighted by Crippen LogP contribution is -2.48. The molecule has 0 unspecified atom stereocenters. The minimum Gasteiger partial charge on any atom is -0.492 e. The molecule has 4 rings (SSSR count). The van der Waals surface area contributed by atoms with E-state index < -0.39 is 17.8 Å². The van der Waals surface area contributed by atoms with Crippen LogP contribution in [0.1, 0.15) is 41.4 Å². The first-order valence-electron chi connectivity index (χ1n) is 10.6. The molecule has 0 saturated heterocycles. The minimum atomic E-state index is -1.11. The number of ether oxygens (including phenoxy) is 2. The van der Waals surface area contributed by atoms with Crippen molar-refractivity contribution in [2.45, 2.75) is 38.2 Å². The molecule has 3 aromatic carbocycles. The number of aliphatic hydroxyl groups excluding tert-OH is 2. The number of amides is 1. The Morgan fingerprint density at radius 1 is 1.09 bits per heavy atom. The SMILES string of the molecule is COc1c(CN(C(=O)c2ccccc2)c2cccc(Br)c2)ccc2c1OC(C)(C)[C@H](O)[C@H]2O. The Morgan fingerprint density at radius 3 is 2.48 bits per heavy atom. The van der Waals surface area contributed by atoms with Gasteiger partial charge < -0.3 is 24.6 Å². The summed E-state index contributed by atoms with van der Waals surface area (Å²) in [6.45, 7) is 3.63. The number of carbonyl (C=O) groups excluding carboxylic acids is 1. The van der Waals surface area contributed by atoms with E-state index in [0.717, 1.165) is 10.2 Å². The van der Waals surface area contributed by atoms with Gasteiger partial charge in [-0.1, -0.05) is 52.3 Å². The number of nitrogens with zero attached hydrogens (tertiary/aromatic N) is 1. The van der Waals surface area contributed by atoms with Crippen molar-refractivity contribution in [1.82, 2.24) is 0 Å². The number of fused-ring (bicyclic) bond motifs is 1. The second kappa shape index (κ2) is 9.17. The van der Waals surface area contributed by atoms with Crippen molar-refractivity contribution < 1.29 is 24.5 Å². The lowest BCUT2D eigenvalue weighted by molar-refractivity contribution is -0.112. The summed E-state index contributed by atoms with van der Waals surface area (Å²) in [5.41, 5.74) is 1.42. The summed E-state index contributed by atoms with van der Waals surface area (Å²) >= 11 is 3.49. The maximum Gasteiger partial charge on any atom is 0.258 e. The first-order valence-corrected chi connectivity index (χ1v) is 11.4. The van der Waals surface area contributed by atoms with E-state index in [1.165, 1.54) is 7.11 Å². The molecule has 172 valence electrons. The van der Waals surface area contributed by atoms with Gasteiger partial charge in [0.15, 0.2) is 11.5 Å². The molecular weight excluding hydrogens is 486 g/mol. The lowest BCUT2D eigenvalue weighted by atomic mass is 9.87. The molecule has 33 heavy (non-hydrogen) atoms. The van der Waals surface area contributed by atoms with E-state index in [1.54, 1.807) is 43.0 Å². The third kappa shape index (κ3) is 4.49. The summed E-state index contributed by atoms with van der Waals surface area (Å²) in [7, 11) is 1.52. The predicted octanol–water partition coefficient (Wildman–Crippen LogP) is 4.87. The molecule has 1 aliphatic heterocycles. The van der Waals surface area contributed by atoms with Gasteiger partial charge in [-0.3, -0.25) is 4.79 Å². The third-order valence-electron chi connectivity index (χ3n) is 5.84. The van der Waals surface area contributed by atoms with Crippen molar-refractivity contribution in [1.29, 1.82) is 0 Å². The zero-order valence-corrected chi connectivity index (χ0v) is 20.2. The first-order chi connectivity index (χ1) is 15.7. The Kier molecular flexibility index (Phi) is 6.47. The van der Waals surface area contributed by atoms with Crippen molar-refractivity contribution in [3.8, 4) is 11.5 Å². The fourth-order valence-corrected chi connectivity index (χ4v) is 4.40. The standard InChI is InChI=1S/C26H26BrNO5/c1-26(2)24(30)21(29)20-13-12-17(22(32-3)23(20)33-26)15-28(19-11-7-10-18(27)14-19)25(31)16-8-5-4-6-9-16/h4-14,21,24,29-30H,15H2,1-3H3/t21-,24+/m0/s1. The molecule has 0 fully saturated rings. The molecule has 1 amide bonds. The maximum absolute atomic E-state index is 13.5. The molecule has 0 spiro atoms. The number of methoxy groups -OCH3 is 1. The highest BCUT2D eigenvalue weighted by molar-refractivity contribution is 9.10. The third-order valence-corrected chi connectivity index (χ3v) is 6.33. The van der Waals surface area contributed by atoms with Gasteiger partial charge >= 0.3 is 0 Å². The van der Waals surface area contributed by atoms with E-state index in [4.69, 9.17) is 9.47 Å². The number of rotatable bonds is 5. The zero-order chi connectivity index (χ0) is 23.8. The molecule has 3 aromatic rings. The van der Waals surface area contributed by atoms with Crippen LogP contribution in [0.2, 0.25) is 0 Å². The Labute approximate surface area is 201 Å². The second-order valence-electron chi connectivity index (χ2n) is 8.51. The van der Waals surface area contributed by atoms with Crippen molar-refractivity contribution in [3.05, 3.63) is 87.9 Å². The lowest BCUT2D eigenvalue weighted by Gasteiger charge is -2.40. The molecule has 2 atom stereocenters. The highest BCUT2D eigenvalue weighted by Crippen LogP contribution is 2.47. The minimum absolute atomic E-state index is 0.162. The fourth-order valence-electron chi connectivity index (χ4n) is 4.01. The molecule has 7 heteroatoms. The van der Waals surface area contributed by atoms with Gasteiger partial charge in [0.25, 0.3) is 5.91 Å². The molecule has 0 aliphatic carbocycles. The predicted molar refractivity (Wildman–Crippen MR) is 130 cm³/mol. The van der Waals surface area contributed by atoms with Gasteiger partial charge in [-0.15, -0.1) is 0 Å². The van der Waals surface area contributed by atoms with E-state index in [2.05, 4.69) is 15.9 Å². The van der Waals surface area contributed by atoms with E-state index >= 15 is 0 Å². The Hall–Kier alpha value is -2.87. The van der Waals surface area contributed by atoms with E-state index in [-0.39, 0.29) is 12.5 Å². The van der Waals surface area contributed by atoms with E-state index in [1.807, 2.05) is 42.5 Å². The average molecular weight is 512 g/mol. The number of anilines is 1. The van der Waals surface area contributed by atoms with Gasteiger partial charge in [-0.25, -0.2) is 0 Å². The maximum atomic E-state index is 13.5. The van der Waals surface area contributed by atoms with Crippen molar-refractivity contribution in [3.63, 3.8) is 0 Å². The molecule has 1 aliphatic rings. The number of hydrogen-bond acceptors (Lipinski definition) is 5. The van der Waals surface area contributed by atoms with Crippen LogP contribution in [0.3, 0.4) is 0 Å². The van der Waals surface area contributed by atoms with Crippen LogP contribution in [0.4, 0.5) is 5.69 Å². The Balaban J connectivity index is 1.79. The number of aliphatic hydroxyl groups is 2. The number of halogens is 1. The smallest absolute Gasteiger partial charge is 0.258 e. The van der Waals surface area contributed by atoms with Crippen molar-refractivity contribution in [2.24, 2.45) is 0 Å². The molecule has 0 bridgehead atoms. The summed E-state index contributed by atoms with van der Waals surface area (Å²) in [6.07, 6.45) is -2.20. The summed E-state index contributed by atoms with van der Waals surface area (Å²) in [4.78, 5) is 15.2. The summed E-state index contributed by atoms with van der Waals surface area (Å²) in [6, 6.07) is 20.1. The van der Waals surface area contributed by atoms with Gasteiger partial charge in [0.2, 0.25) is 0 Å². The fraction of sp³-hybridized carbons (Fsp3) is 0.269. The topological polar surface area (TPSA) is 79.2 Å². The van der Waals surface area contributed by atoms with Crippen molar-refractivity contribution in [2.75, 3.05) is 12.0 Å². The van der Waals surface area contributed by atoms with Gasteiger partial charge in [0, 0.05) is 26.9 Å². The Bertz CT molecular complexity index is 1160. The molecular formula is C26H26BrNO5. The molecule has 1 heterocycles. The molecule has 2 N–H and O–H groups in total. The quantitative estimate of drug-likeness (QED) is 0.510. The molecule has 6 nitrogen and oxygen atoms in total. The van der Waals surface area contributed by atoms with E-state index in [9.17, 15) is 15.0 Å². The van der Waals surface area contributed by atoms with Gasteiger partial charge in [-0.2, -0.15) is 0 Å². The van der Waals surface area contributed by atoms with Crippen LogP contribution in [-0.4, -0.2) is 34.9 Å². The van der Waals surface area contributed by atoms with Gasteiger partial charge in [-0.05, 0) is 44.2 Å². The highest BCUT2D eigenvalue weighted by atomic mass is 79.9. The molecule has 0 saturated carbocycles. The summed E-state index contributed by atoms with van der Waals surface area (Å²) in [5.74, 6) is 0.636. The van der Waals surface area contributed by atoms with Gasteiger partial charge in [0.05, 0.1) is 13.7 Å². The number of carbonyl (C=O) groups is 1. The molecule has 0 aromatic heterocycles. The van der Waals surface area contributed by atoms with E-state index in [0.29, 0.717) is 28.2 Å². The van der Waals surface area contributed by atoms with Crippen LogP contribution in [0, 0.1) is 0 Å². The van der Waals surface area contributed by atoms with Crippen LogP contribution in [0.5, 0.6) is 11.5 Å². The first kappa shape index (κ1) is 23.3. The largest absolute Gasteiger partial charge is 0.492 e. The second-order valence-corrected chi connectivity index (χ2v) is 9.42. The van der Waals surface area contributed by atoms with Crippen LogP contribution in [0.25, 0.3) is 0 Å². The van der Waals surface area contributed by atoms with Crippen LogP contribution in [0.15, 0.2) is 71.2 Å². The van der Waals surface area contributed by atoms with Crippen LogP contribution < -0.4 is 14.4 Å². The average Bonchev–Trinajstić information content (AvgIpc) is 2.81. The number of benzene rings is 3. The monoisotopic (exact) mass is 511 g/mol.